The third-order valence-electron chi connectivity index (χ3n) is 3.42. The molecule has 0 saturated heterocycles. The molecule has 1 aromatic carbocycles. The van der Waals surface area contributed by atoms with Crippen molar-refractivity contribution in [2.24, 2.45) is 0 Å². The molecule has 0 atom stereocenters. The smallest absolute Gasteiger partial charge is 0.0314 e. The van der Waals surface area contributed by atoms with Gasteiger partial charge in [-0.15, -0.1) is 0 Å². The Kier molecular flexibility index (Phi) is 4.40. The van der Waals surface area contributed by atoms with Gasteiger partial charge in [-0.2, -0.15) is 0 Å². The van der Waals surface area contributed by atoms with E-state index in [1.807, 2.05) is 18.2 Å². The molecule has 1 nitrogen and oxygen atoms in total. The van der Waals surface area contributed by atoms with E-state index in [2.05, 4.69) is 43.9 Å². The van der Waals surface area contributed by atoms with Gasteiger partial charge < -0.3 is 5.73 Å². The SMILES string of the molecule is C=C/C=C1\CCCC(/C=C/C)=C1c1ccc(N)cc1. The molecule has 2 rings (SSSR count). The van der Waals surface area contributed by atoms with Crippen molar-refractivity contribution in [3.05, 3.63) is 71.9 Å². The maximum atomic E-state index is 5.78. The third-order valence-corrected chi connectivity index (χ3v) is 3.42. The quantitative estimate of drug-likeness (QED) is 0.760. The molecular formula is C18H21N. The van der Waals surface area contributed by atoms with Gasteiger partial charge in [-0.25, -0.2) is 0 Å². The number of nitrogens with two attached hydrogens (primary N) is 1. The summed E-state index contributed by atoms with van der Waals surface area (Å²) in [5.74, 6) is 0. The van der Waals surface area contributed by atoms with E-state index in [4.69, 9.17) is 5.73 Å². The number of rotatable bonds is 3. The van der Waals surface area contributed by atoms with Gasteiger partial charge in [0.25, 0.3) is 0 Å². The Morgan fingerprint density at radius 1 is 1.16 bits per heavy atom. The van der Waals surface area contributed by atoms with Gasteiger partial charge in [0.2, 0.25) is 0 Å². The summed E-state index contributed by atoms with van der Waals surface area (Å²) in [6.45, 7) is 5.90. The van der Waals surface area contributed by atoms with E-state index in [1.165, 1.54) is 28.7 Å². The van der Waals surface area contributed by atoms with E-state index in [0.29, 0.717) is 0 Å². The van der Waals surface area contributed by atoms with Crippen molar-refractivity contribution in [3.8, 4) is 0 Å². The molecule has 1 aliphatic carbocycles. The molecule has 0 aliphatic heterocycles. The summed E-state index contributed by atoms with van der Waals surface area (Å²) in [4.78, 5) is 0. The Bertz CT molecular complexity index is 542. The molecule has 19 heavy (non-hydrogen) atoms. The van der Waals surface area contributed by atoms with Crippen molar-refractivity contribution in [1.29, 1.82) is 0 Å². The van der Waals surface area contributed by atoms with Crippen molar-refractivity contribution in [2.75, 3.05) is 5.73 Å². The molecule has 98 valence electrons. The standard InChI is InChI=1S/C18H21N/c1-3-6-14-8-5-9-15(7-4-2)18(14)16-10-12-17(19)13-11-16/h3-4,6-7,10-13H,1,5,8-9,19H2,2H3/b7-4+,14-6+. The number of benzene rings is 1. The largest absolute Gasteiger partial charge is 0.399 e. The lowest BCUT2D eigenvalue weighted by Gasteiger charge is -2.22. The summed E-state index contributed by atoms with van der Waals surface area (Å²) in [7, 11) is 0. The Balaban J connectivity index is 2.57. The molecule has 0 unspecified atom stereocenters. The second kappa shape index (κ2) is 6.24. The van der Waals surface area contributed by atoms with Crippen LogP contribution in [0.1, 0.15) is 31.7 Å². The molecule has 0 amide bonds. The first-order chi connectivity index (χ1) is 9.26. The number of hydrogen-bond donors (Lipinski definition) is 1. The normalized spacial score (nSPS) is 18.3. The summed E-state index contributed by atoms with van der Waals surface area (Å²) in [5, 5.41) is 0. The Labute approximate surface area is 115 Å². The van der Waals surface area contributed by atoms with Crippen LogP contribution in [-0.4, -0.2) is 0 Å². The highest BCUT2D eigenvalue weighted by atomic mass is 14.5. The van der Waals surface area contributed by atoms with E-state index in [0.717, 1.165) is 18.5 Å². The lowest BCUT2D eigenvalue weighted by Crippen LogP contribution is -2.02. The fourth-order valence-corrected chi connectivity index (χ4v) is 2.62. The van der Waals surface area contributed by atoms with Crippen molar-refractivity contribution in [3.63, 3.8) is 0 Å². The first-order valence-electron chi connectivity index (χ1n) is 6.80. The summed E-state index contributed by atoms with van der Waals surface area (Å²) >= 11 is 0. The van der Waals surface area contributed by atoms with Crippen LogP contribution in [0.25, 0.3) is 5.57 Å². The van der Waals surface area contributed by atoms with Gasteiger partial charge in [0.1, 0.15) is 0 Å². The molecular weight excluding hydrogens is 230 g/mol. The van der Waals surface area contributed by atoms with Crippen LogP contribution in [0.2, 0.25) is 0 Å². The number of anilines is 1. The topological polar surface area (TPSA) is 26.0 Å². The molecule has 0 fully saturated rings. The zero-order valence-electron chi connectivity index (χ0n) is 11.5. The van der Waals surface area contributed by atoms with Crippen molar-refractivity contribution < 1.29 is 0 Å². The summed E-state index contributed by atoms with van der Waals surface area (Å²) in [6, 6.07) is 8.15. The molecule has 0 aromatic heterocycles. The van der Waals surface area contributed by atoms with Gasteiger partial charge in [0.05, 0.1) is 0 Å². The molecule has 1 aromatic rings. The first-order valence-corrected chi connectivity index (χ1v) is 6.80. The predicted octanol–water partition coefficient (Wildman–Crippen LogP) is 4.89. The molecule has 0 radical (unpaired) electrons. The average Bonchev–Trinajstić information content (AvgIpc) is 2.41. The molecule has 1 aliphatic rings. The molecule has 0 saturated carbocycles. The molecule has 2 N–H and O–H groups in total. The molecule has 0 heterocycles. The second-order valence-corrected chi connectivity index (χ2v) is 4.80. The van der Waals surface area contributed by atoms with Gasteiger partial charge in [-0.1, -0.05) is 43.0 Å². The van der Waals surface area contributed by atoms with E-state index >= 15 is 0 Å². The molecule has 1 heteroatoms. The maximum Gasteiger partial charge on any atom is 0.0314 e. The minimum atomic E-state index is 0.807. The number of hydrogen-bond acceptors (Lipinski definition) is 1. The minimum Gasteiger partial charge on any atom is -0.399 e. The van der Waals surface area contributed by atoms with E-state index in [-0.39, 0.29) is 0 Å². The Hall–Kier alpha value is -2.02. The van der Waals surface area contributed by atoms with E-state index < -0.39 is 0 Å². The van der Waals surface area contributed by atoms with Gasteiger partial charge in [-0.05, 0) is 60.6 Å². The number of allylic oxidation sites excluding steroid dienone is 7. The van der Waals surface area contributed by atoms with Crippen LogP contribution in [0.3, 0.4) is 0 Å². The van der Waals surface area contributed by atoms with Crippen LogP contribution in [0.4, 0.5) is 5.69 Å². The average molecular weight is 251 g/mol. The predicted molar refractivity (Wildman–Crippen MR) is 84.7 cm³/mol. The maximum absolute atomic E-state index is 5.78. The van der Waals surface area contributed by atoms with Crippen LogP contribution < -0.4 is 5.73 Å². The van der Waals surface area contributed by atoms with Crippen LogP contribution >= 0.6 is 0 Å². The lowest BCUT2D eigenvalue weighted by molar-refractivity contribution is 0.805. The van der Waals surface area contributed by atoms with Gasteiger partial charge in [0, 0.05) is 5.69 Å². The van der Waals surface area contributed by atoms with Crippen molar-refractivity contribution in [2.45, 2.75) is 26.2 Å². The van der Waals surface area contributed by atoms with Crippen molar-refractivity contribution in [1.82, 2.24) is 0 Å². The van der Waals surface area contributed by atoms with E-state index in [1.54, 1.807) is 0 Å². The monoisotopic (exact) mass is 251 g/mol. The third kappa shape index (κ3) is 3.05. The zero-order valence-corrected chi connectivity index (χ0v) is 11.5. The fourth-order valence-electron chi connectivity index (χ4n) is 2.62. The lowest BCUT2D eigenvalue weighted by atomic mass is 9.83. The van der Waals surface area contributed by atoms with E-state index in [9.17, 15) is 0 Å². The highest BCUT2D eigenvalue weighted by molar-refractivity contribution is 5.84. The first kappa shape index (κ1) is 13.4. The van der Waals surface area contributed by atoms with Gasteiger partial charge >= 0.3 is 0 Å². The molecule has 0 spiro atoms. The van der Waals surface area contributed by atoms with Crippen LogP contribution in [-0.2, 0) is 0 Å². The summed E-state index contributed by atoms with van der Waals surface area (Å²) < 4.78 is 0. The van der Waals surface area contributed by atoms with Crippen molar-refractivity contribution >= 4 is 11.3 Å². The van der Waals surface area contributed by atoms with Gasteiger partial charge in [0.15, 0.2) is 0 Å². The van der Waals surface area contributed by atoms with Crippen LogP contribution in [0.15, 0.2) is 66.3 Å². The van der Waals surface area contributed by atoms with Gasteiger partial charge in [-0.3, -0.25) is 0 Å². The molecule has 0 bridgehead atoms. The van der Waals surface area contributed by atoms with Crippen LogP contribution in [0, 0.1) is 0 Å². The highest BCUT2D eigenvalue weighted by Gasteiger charge is 2.16. The Morgan fingerprint density at radius 2 is 1.89 bits per heavy atom. The minimum absolute atomic E-state index is 0.807. The summed E-state index contributed by atoms with van der Waals surface area (Å²) in [5.41, 5.74) is 12.0. The summed E-state index contributed by atoms with van der Waals surface area (Å²) in [6.07, 6.45) is 11.8. The van der Waals surface area contributed by atoms with Crippen LogP contribution in [0.5, 0.6) is 0 Å². The second-order valence-electron chi connectivity index (χ2n) is 4.80. The highest BCUT2D eigenvalue weighted by Crippen LogP contribution is 2.37. The Morgan fingerprint density at radius 3 is 2.53 bits per heavy atom. The fraction of sp³-hybridized carbons (Fsp3) is 0.222. The zero-order chi connectivity index (χ0) is 13.7. The number of nitrogen functional groups attached to an aromatic ring is 1.